The summed E-state index contributed by atoms with van der Waals surface area (Å²) in [7, 11) is 0. The van der Waals surface area contributed by atoms with Crippen molar-refractivity contribution in [3.63, 3.8) is 0 Å². The van der Waals surface area contributed by atoms with E-state index in [1.54, 1.807) is 0 Å². The molecule has 5 aromatic rings. The summed E-state index contributed by atoms with van der Waals surface area (Å²) in [5, 5.41) is 0. The normalized spacial score (nSPS) is 13.7. The molecule has 0 N–H and O–H groups in total. The van der Waals surface area contributed by atoms with Crippen LogP contribution in [0.1, 0.15) is 116 Å². The number of rotatable bonds is 3. The molecule has 2 heteroatoms. The van der Waals surface area contributed by atoms with Crippen molar-refractivity contribution in [2.24, 2.45) is 0 Å². The number of fused-ring (bicyclic) bond motifs is 2. The van der Waals surface area contributed by atoms with Crippen LogP contribution in [0.5, 0.6) is 0 Å². The highest BCUT2D eigenvalue weighted by Gasteiger charge is 2.39. The first-order chi connectivity index (χ1) is 23.1. The van der Waals surface area contributed by atoms with E-state index >= 15 is 0 Å². The van der Waals surface area contributed by atoms with Crippen LogP contribution in [0.15, 0.2) is 97.1 Å². The third kappa shape index (κ3) is 6.71. The van der Waals surface area contributed by atoms with E-state index in [-0.39, 0.29) is 28.4 Å². The van der Waals surface area contributed by atoms with Gasteiger partial charge in [-0.1, -0.05) is 172 Å². The Bertz CT molecular complexity index is 2040. The average Bonchev–Trinajstić information content (AvgIpc) is 3.02. The van der Waals surface area contributed by atoms with Gasteiger partial charge >= 0.3 is 0 Å². The van der Waals surface area contributed by atoms with Crippen molar-refractivity contribution in [1.82, 2.24) is 0 Å². The lowest BCUT2D eigenvalue weighted by atomic mass is 9.33. The van der Waals surface area contributed by atoms with E-state index in [1.165, 1.54) is 78.0 Å². The molecule has 0 saturated heterocycles. The van der Waals surface area contributed by atoms with Crippen molar-refractivity contribution >= 4 is 40.2 Å². The molecule has 0 saturated carbocycles. The Hall–Kier alpha value is -4.04. The maximum Gasteiger partial charge on any atom is 0.247 e. The van der Waals surface area contributed by atoms with Gasteiger partial charge in [0.05, 0.1) is 0 Å². The lowest BCUT2D eigenvalue weighted by Gasteiger charge is -2.40. The fraction of sp³-hybridized carbons (Fsp3) is 0.375. The van der Waals surface area contributed by atoms with Gasteiger partial charge in [0.1, 0.15) is 0 Å². The van der Waals surface area contributed by atoms with E-state index < -0.39 is 0 Å². The summed E-state index contributed by atoms with van der Waals surface area (Å²) in [5.74, 6) is 0. The number of nitrogens with zero attached hydrogens (tertiary/aromatic N) is 1. The zero-order chi connectivity index (χ0) is 36.6. The summed E-state index contributed by atoms with van der Waals surface area (Å²) in [6.07, 6.45) is 0. The van der Waals surface area contributed by atoms with Crippen LogP contribution in [0.3, 0.4) is 0 Å². The Morgan fingerprint density at radius 2 is 0.860 bits per heavy atom. The first-order valence-electron chi connectivity index (χ1n) is 18.6. The van der Waals surface area contributed by atoms with Gasteiger partial charge < -0.3 is 4.90 Å². The zero-order valence-corrected chi connectivity index (χ0v) is 33.3. The second kappa shape index (κ2) is 12.3. The van der Waals surface area contributed by atoms with Gasteiger partial charge in [0.2, 0.25) is 6.71 Å². The van der Waals surface area contributed by atoms with Crippen LogP contribution in [-0.2, 0) is 21.7 Å². The van der Waals surface area contributed by atoms with Crippen LogP contribution < -0.4 is 21.3 Å². The maximum atomic E-state index is 2.54. The molecule has 1 nitrogen and oxygen atoms in total. The SMILES string of the molecule is Cc1ccc(C(C)(C)C)cc1B1c2cc(C(C)(C)C)ccc2N(c2ccc(C(C)(C)C)cc2)c2cc(-c3ccc(C(C)(C)C)cc3)cc(C)c21. The first-order valence-corrected chi connectivity index (χ1v) is 18.6. The number of benzene rings is 5. The van der Waals surface area contributed by atoms with Crippen molar-refractivity contribution in [3.05, 3.63) is 130 Å². The van der Waals surface area contributed by atoms with Gasteiger partial charge in [0.25, 0.3) is 0 Å². The highest BCUT2D eigenvalue weighted by molar-refractivity contribution is 6.98. The Morgan fingerprint density at radius 1 is 0.400 bits per heavy atom. The Morgan fingerprint density at radius 3 is 1.38 bits per heavy atom. The lowest BCUT2D eigenvalue weighted by Crippen LogP contribution is -2.59. The summed E-state index contributed by atoms with van der Waals surface area (Å²) >= 11 is 0. The third-order valence-corrected chi connectivity index (χ3v) is 10.9. The molecular formula is C48H58BN. The monoisotopic (exact) mass is 659 g/mol. The van der Waals surface area contributed by atoms with E-state index in [2.05, 4.69) is 199 Å². The highest BCUT2D eigenvalue weighted by atomic mass is 15.1. The van der Waals surface area contributed by atoms with Crippen LogP contribution in [0.4, 0.5) is 17.1 Å². The van der Waals surface area contributed by atoms with Crippen LogP contribution >= 0.6 is 0 Å². The Balaban J connectivity index is 1.68. The van der Waals surface area contributed by atoms with Crippen LogP contribution in [-0.4, -0.2) is 6.71 Å². The smallest absolute Gasteiger partial charge is 0.247 e. The summed E-state index contributed by atoms with van der Waals surface area (Å²) < 4.78 is 0. The van der Waals surface area contributed by atoms with Crippen molar-refractivity contribution < 1.29 is 0 Å². The molecule has 0 aliphatic carbocycles. The molecule has 1 heterocycles. The number of hydrogen-bond donors (Lipinski definition) is 0. The van der Waals surface area contributed by atoms with E-state index in [0.717, 1.165) is 0 Å². The van der Waals surface area contributed by atoms with Gasteiger partial charge in [-0.2, -0.15) is 0 Å². The predicted molar refractivity (Wildman–Crippen MR) is 222 cm³/mol. The molecule has 0 fully saturated rings. The largest absolute Gasteiger partial charge is 0.311 e. The standard InChI is InChI=1S/C48H58BN/c1-31-15-18-37(47(9,10)11)29-40(31)49-41-30-38(48(12,13)14)23-26-42(41)50(39-24-21-36(22-25-39)46(6,7)8)43-28-34(27-32(2)44(43)49)33-16-19-35(20-17-33)45(3,4)5/h15-30H,1-14H3. The second-order valence-corrected chi connectivity index (χ2v) is 19.0. The number of hydrogen-bond acceptors (Lipinski definition) is 1. The minimum absolute atomic E-state index is 0.0272. The summed E-state index contributed by atoms with van der Waals surface area (Å²) in [6, 6.07) is 37.9. The zero-order valence-electron chi connectivity index (χ0n) is 33.3. The molecule has 258 valence electrons. The van der Waals surface area contributed by atoms with Crippen molar-refractivity contribution in [3.8, 4) is 11.1 Å². The van der Waals surface area contributed by atoms with Gasteiger partial charge in [-0.15, -0.1) is 0 Å². The van der Waals surface area contributed by atoms with E-state index in [9.17, 15) is 0 Å². The average molecular weight is 660 g/mol. The summed E-state index contributed by atoms with van der Waals surface area (Å²) in [6.45, 7) is 32.4. The third-order valence-electron chi connectivity index (χ3n) is 10.9. The maximum absolute atomic E-state index is 2.54. The molecule has 5 aromatic carbocycles. The van der Waals surface area contributed by atoms with Gasteiger partial charge in [-0.25, -0.2) is 0 Å². The van der Waals surface area contributed by atoms with E-state index in [1.807, 2.05) is 0 Å². The van der Waals surface area contributed by atoms with Crippen molar-refractivity contribution in [1.29, 1.82) is 0 Å². The van der Waals surface area contributed by atoms with Crippen molar-refractivity contribution in [2.45, 2.75) is 119 Å². The quantitative estimate of drug-likeness (QED) is 0.171. The first kappa shape index (κ1) is 35.8. The fourth-order valence-electron chi connectivity index (χ4n) is 7.54. The van der Waals surface area contributed by atoms with Gasteiger partial charge in [0, 0.05) is 17.1 Å². The molecule has 0 bridgehead atoms. The molecule has 0 radical (unpaired) electrons. The molecule has 50 heavy (non-hydrogen) atoms. The Kier molecular flexibility index (Phi) is 8.82. The molecular weight excluding hydrogens is 601 g/mol. The molecule has 0 atom stereocenters. The van der Waals surface area contributed by atoms with Gasteiger partial charge in [-0.05, 0) is 104 Å². The Labute approximate surface area is 304 Å². The number of anilines is 3. The summed E-state index contributed by atoms with van der Waals surface area (Å²) in [5.41, 5.74) is 18.8. The van der Waals surface area contributed by atoms with Crippen LogP contribution in [0.25, 0.3) is 11.1 Å². The lowest BCUT2D eigenvalue weighted by molar-refractivity contribution is 0.590. The van der Waals surface area contributed by atoms with Crippen LogP contribution in [0, 0.1) is 13.8 Å². The molecule has 0 aromatic heterocycles. The van der Waals surface area contributed by atoms with E-state index in [4.69, 9.17) is 0 Å². The molecule has 0 spiro atoms. The minimum Gasteiger partial charge on any atom is -0.311 e. The number of aryl methyl sites for hydroxylation is 2. The van der Waals surface area contributed by atoms with Crippen LogP contribution in [0.2, 0.25) is 0 Å². The molecule has 1 aliphatic rings. The van der Waals surface area contributed by atoms with Crippen molar-refractivity contribution in [2.75, 3.05) is 4.90 Å². The predicted octanol–water partition coefficient (Wildman–Crippen LogP) is 11.5. The second-order valence-electron chi connectivity index (χ2n) is 19.0. The van der Waals surface area contributed by atoms with Gasteiger partial charge in [0.15, 0.2) is 0 Å². The highest BCUT2D eigenvalue weighted by Crippen LogP contribution is 2.41. The fourth-order valence-corrected chi connectivity index (χ4v) is 7.54. The van der Waals surface area contributed by atoms with Gasteiger partial charge in [-0.3, -0.25) is 0 Å². The summed E-state index contributed by atoms with van der Waals surface area (Å²) in [4.78, 5) is 2.54. The molecule has 6 rings (SSSR count). The minimum atomic E-state index is 0.0272. The molecule has 1 aliphatic heterocycles. The van der Waals surface area contributed by atoms with E-state index in [0.29, 0.717) is 0 Å². The molecule has 0 amide bonds. The topological polar surface area (TPSA) is 3.24 Å². The molecule has 0 unspecified atom stereocenters.